The van der Waals surface area contributed by atoms with Crippen LogP contribution in [0, 0.1) is 11.8 Å². The van der Waals surface area contributed by atoms with E-state index in [1.807, 2.05) is 30.3 Å². The number of alkyl halides is 1. The van der Waals surface area contributed by atoms with Crippen molar-refractivity contribution in [1.82, 2.24) is 4.90 Å². The van der Waals surface area contributed by atoms with Crippen molar-refractivity contribution in [3.63, 3.8) is 0 Å². The molecule has 190 valence electrons. The third kappa shape index (κ3) is 4.04. The van der Waals surface area contributed by atoms with Gasteiger partial charge in [0.1, 0.15) is 6.04 Å². The Bertz CT molecular complexity index is 1170. The van der Waals surface area contributed by atoms with Gasteiger partial charge in [-0.15, -0.1) is 11.8 Å². The lowest BCUT2D eigenvalue weighted by atomic mass is 9.71. The van der Waals surface area contributed by atoms with Gasteiger partial charge in [-0.25, -0.2) is 0 Å². The van der Waals surface area contributed by atoms with Crippen LogP contribution in [0.25, 0.3) is 0 Å². The van der Waals surface area contributed by atoms with Crippen LogP contribution in [0.2, 0.25) is 5.02 Å². The maximum atomic E-state index is 14.2. The first kappa shape index (κ1) is 25.6. The van der Waals surface area contributed by atoms with Gasteiger partial charge in [-0.05, 0) is 43.2 Å². The molecule has 5 rings (SSSR count). The Labute approximate surface area is 227 Å². The molecule has 0 aliphatic carbocycles. The number of likely N-dealkylation sites (tertiary alicyclic amines) is 1. The molecule has 3 saturated heterocycles. The van der Waals surface area contributed by atoms with E-state index >= 15 is 0 Å². The molecule has 0 saturated carbocycles. The van der Waals surface area contributed by atoms with Crippen LogP contribution < -0.4 is 5.32 Å². The van der Waals surface area contributed by atoms with Crippen LogP contribution in [0.5, 0.6) is 0 Å². The van der Waals surface area contributed by atoms with Gasteiger partial charge in [0.15, 0.2) is 0 Å². The molecule has 2 aromatic carbocycles. The molecule has 0 radical (unpaired) electrons. The molecule has 3 aliphatic rings. The summed E-state index contributed by atoms with van der Waals surface area (Å²) in [7, 11) is 0. The van der Waals surface area contributed by atoms with Gasteiger partial charge >= 0.3 is 5.97 Å². The standard InChI is InChI=1S/C26H26BrClN2O5S/c1-2-35-25(34)19-20-24(33)30(18(13-31)14-6-4-3-5-7-14)22(26(20)12-17(27)21(19)36-26)23(32)29-16-10-8-15(28)9-11-16/h3-11,17-22,31H,2,12-13H2,1H3,(H,29,32)/t17?,18-,19-,20+,21-,22?,26?/m1/s1. The lowest BCUT2D eigenvalue weighted by molar-refractivity contribution is -0.154. The highest BCUT2D eigenvalue weighted by atomic mass is 79.9. The van der Waals surface area contributed by atoms with Crippen molar-refractivity contribution in [1.29, 1.82) is 0 Å². The summed E-state index contributed by atoms with van der Waals surface area (Å²) < 4.78 is 4.54. The summed E-state index contributed by atoms with van der Waals surface area (Å²) in [6, 6.07) is 14.3. The molecule has 36 heavy (non-hydrogen) atoms. The molecule has 2 bridgehead atoms. The third-order valence-electron chi connectivity index (χ3n) is 7.34. The quantitative estimate of drug-likeness (QED) is 0.372. The van der Waals surface area contributed by atoms with Crippen molar-refractivity contribution in [2.75, 3.05) is 18.5 Å². The molecule has 0 aromatic heterocycles. The number of halogens is 2. The van der Waals surface area contributed by atoms with Crippen LogP contribution in [-0.2, 0) is 19.1 Å². The van der Waals surface area contributed by atoms with Crippen LogP contribution in [0.4, 0.5) is 5.69 Å². The molecule has 2 N–H and O–H groups in total. The fourth-order valence-electron chi connectivity index (χ4n) is 5.98. The first-order valence-electron chi connectivity index (χ1n) is 11.8. The van der Waals surface area contributed by atoms with E-state index in [4.69, 9.17) is 16.3 Å². The number of benzene rings is 2. The highest BCUT2D eigenvalue weighted by Gasteiger charge is 2.76. The summed E-state index contributed by atoms with van der Waals surface area (Å²) in [6.45, 7) is 1.59. The molecule has 2 amide bonds. The zero-order chi connectivity index (χ0) is 25.6. The zero-order valence-corrected chi connectivity index (χ0v) is 22.6. The first-order valence-corrected chi connectivity index (χ1v) is 14.0. The number of nitrogens with one attached hydrogen (secondary N) is 1. The highest BCUT2D eigenvalue weighted by Crippen LogP contribution is 2.68. The van der Waals surface area contributed by atoms with E-state index in [1.54, 1.807) is 31.2 Å². The number of amides is 2. The SMILES string of the molecule is CCOC(=O)[C@H]1[C@@H]2SC3(CC2Br)C(C(=O)Nc2ccc(Cl)cc2)N([C@H](CO)c2ccccc2)C(=O)[C@H]13. The second-order valence-electron chi connectivity index (χ2n) is 9.27. The minimum absolute atomic E-state index is 0.0592. The van der Waals surface area contributed by atoms with E-state index in [1.165, 1.54) is 16.7 Å². The van der Waals surface area contributed by atoms with Gasteiger partial charge in [0.2, 0.25) is 11.8 Å². The molecule has 7 nitrogen and oxygen atoms in total. The summed E-state index contributed by atoms with van der Waals surface area (Å²) in [5.41, 5.74) is 1.27. The summed E-state index contributed by atoms with van der Waals surface area (Å²) in [4.78, 5) is 42.7. The predicted octanol–water partition coefficient (Wildman–Crippen LogP) is 4.04. The van der Waals surface area contributed by atoms with Crippen molar-refractivity contribution >= 4 is 62.8 Å². The van der Waals surface area contributed by atoms with Crippen LogP contribution >= 0.6 is 39.3 Å². The maximum Gasteiger partial charge on any atom is 0.310 e. The van der Waals surface area contributed by atoms with Crippen molar-refractivity contribution in [2.24, 2.45) is 11.8 Å². The van der Waals surface area contributed by atoms with E-state index in [9.17, 15) is 19.5 Å². The Morgan fingerprint density at radius 3 is 2.58 bits per heavy atom. The van der Waals surface area contributed by atoms with Gasteiger partial charge in [-0.1, -0.05) is 57.9 Å². The van der Waals surface area contributed by atoms with Gasteiger partial charge in [-0.2, -0.15) is 0 Å². The average molecular weight is 594 g/mol. The number of carbonyl (C=O) groups excluding carboxylic acids is 3. The monoisotopic (exact) mass is 592 g/mol. The van der Waals surface area contributed by atoms with Crippen LogP contribution in [-0.4, -0.2) is 61.9 Å². The van der Waals surface area contributed by atoms with E-state index in [0.717, 1.165) is 5.56 Å². The van der Waals surface area contributed by atoms with Crippen LogP contribution in [0.1, 0.15) is 24.9 Å². The lowest BCUT2D eigenvalue weighted by Crippen LogP contribution is -2.53. The van der Waals surface area contributed by atoms with Gasteiger partial charge in [0, 0.05) is 20.8 Å². The number of fused-ring (bicyclic) bond motifs is 1. The van der Waals surface area contributed by atoms with Gasteiger partial charge < -0.3 is 20.1 Å². The van der Waals surface area contributed by atoms with Gasteiger partial charge in [0.25, 0.3) is 0 Å². The molecule has 1 spiro atoms. The molecule has 3 fully saturated rings. The third-order valence-corrected chi connectivity index (χ3v) is 10.8. The Morgan fingerprint density at radius 2 is 1.94 bits per heavy atom. The topological polar surface area (TPSA) is 95.9 Å². The molecular formula is C26H26BrClN2O5S. The number of nitrogens with zero attached hydrogens (tertiary/aromatic N) is 1. The number of anilines is 1. The smallest absolute Gasteiger partial charge is 0.310 e. The first-order chi connectivity index (χ1) is 17.3. The number of hydrogen-bond donors (Lipinski definition) is 2. The molecule has 3 unspecified atom stereocenters. The summed E-state index contributed by atoms with van der Waals surface area (Å²) in [6.07, 6.45) is 0.538. The van der Waals surface area contributed by atoms with E-state index < -0.39 is 34.6 Å². The number of esters is 1. The fourth-order valence-corrected chi connectivity index (χ4v) is 9.70. The second kappa shape index (κ2) is 10.0. The molecular weight excluding hydrogens is 568 g/mol. The second-order valence-corrected chi connectivity index (χ2v) is 12.4. The van der Waals surface area contributed by atoms with Crippen LogP contribution in [0.15, 0.2) is 54.6 Å². The van der Waals surface area contributed by atoms with E-state index in [2.05, 4.69) is 21.2 Å². The molecule has 10 heteroatoms. The van der Waals surface area contributed by atoms with Crippen molar-refractivity contribution in [3.8, 4) is 0 Å². The number of thioether (sulfide) groups is 1. The summed E-state index contributed by atoms with van der Waals surface area (Å²) >= 11 is 11.3. The Balaban J connectivity index is 1.60. The van der Waals surface area contributed by atoms with E-state index in [-0.39, 0.29) is 35.1 Å². The molecule has 3 aliphatic heterocycles. The number of aliphatic hydroxyl groups excluding tert-OH is 1. The highest BCUT2D eigenvalue weighted by molar-refractivity contribution is 9.09. The minimum Gasteiger partial charge on any atom is -0.466 e. The zero-order valence-electron chi connectivity index (χ0n) is 19.5. The predicted molar refractivity (Wildman–Crippen MR) is 142 cm³/mol. The largest absolute Gasteiger partial charge is 0.466 e. The number of ether oxygens (including phenoxy) is 1. The number of hydrogen-bond acceptors (Lipinski definition) is 6. The lowest BCUT2D eigenvalue weighted by Gasteiger charge is -2.37. The Kier molecular flexibility index (Phi) is 7.11. The Morgan fingerprint density at radius 1 is 1.25 bits per heavy atom. The maximum absolute atomic E-state index is 14.2. The van der Waals surface area contributed by atoms with Crippen LogP contribution in [0.3, 0.4) is 0 Å². The van der Waals surface area contributed by atoms with Gasteiger partial charge in [-0.3, -0.25) is 14.4 Å². The van der Waals surface area contributed by atoms with Gasteiger partial charge in [0.05, 0.1) is 35.8 Å². The fraction of sp³-hybridized carbons (Fsp3) is 0.423. The van der Waals surface area contributed by atoms with Crippen molar-refractivity contribution in [3.05, 3.63) is 65.2 Å². The molecule has 3 heterocycles. The van der Waals surface area contributed by atoms with Crippen molar-refractivity contribution in [2.45, 2.75) is 40.3 Å². The number of rotatable bonds is 7. The number of aliphatic hydroxyl groups is 1. The average Bonchev–Trinajstić information content (AvgIpc) is 3.46. The Hall–Kier alpha value is -2.07. The van der Waals surface area contributed by atoms with E-state index in [0.29, 0.717) is 17.1 Å². The summed E-state index contributed by atoms with van der Waals surface area (Å²) in [5.74, 6) is -2.48. The summed E-state index contributed by atoms with van der Waals surface area (Å²) in [5, 5.41) is 13.8. The molecule has 7 atom stereocenters. The normalized spacial score (nSPS) is 31.3. The minimum atomic E-state index is -0.905. The number of carbonyl (C=O) groups is 3. The molecule has 2 aromatic rings. The van der Waals surface area contributed by atoms with Crippen molar-refractivity contribution < 1.29 is 24.2 Å².